The zero-order chi connectivity index (χ0) is 26.5. The fourth-order valence-electron chi connectivity index (χ4n) is 4.24. The first-order chi connectivity index (χ1) is 17.8. The normalized spacial score (nSPS) is 17.8. The van der Waals surface area contributed by atoms with E-state index in [1.807, 2.05) is 68.6 Å². The van der Waals surface area contributed by atoms with Crippen LogP contribution >= 0.6 is 23.4 Å². The molecular formula is C28H33ClN6OS. The maximum atomic E-state index is 10.0. The van der Waals surface area contributed by atoms with E-state index in [4.69, 9.17) is 26.3 Å². The number of benzene rings is 2. The third-order valence-electron chi connectivity index (χ3n) is 6.72. The Morgan fingerprint density at radius 1 is 1.14 bits per heavy atom. The number of allylic oxidation sites excluding steroid dienone is 1. The lowest BCUT2D eigenvalue weighted by Crippen LogP contribution is -2.45. The molecule has 9 heteroatoms. The van der Waals surface area contributed by atoms with Crippen molar-refractivity contribution in [2.45, 2.75) is 6.92 Å². The quantitative estimate of drug-likeness (QED) is 0.524. The molecule has 4 rings (SSSR count). The topological polar surface area (TPSA) is 67.5 Å². The van der Waals surface area contributed by atoms with Crippen LogP contribution in [0.3, 0.4) is 0 Å². The van der Waals surface area contributed by atoms with Crippen molar-refractivity contribution >= 4 is 39.8 Å². The Morgan fingerprint density at radius 3 is 2.51 bits per heavy atom. The molecule has 1 saturated heterocycles. The summed E-state index contributed by atoms with van der Waals surface area (Å²) in [6.45, 7) is 7.51. The van der Waals surface area contributed by atoms with E-state index in [1.54, 1.807) is 0 Å². The minimum absolute atomic E-state index is 0.453. The third-order valence-corrected chi connectivity index (χ3v) is 7.72. The minimum atomic E-state index is 0.453. The van der Waals surface area contributed by atoms with Crippen LogP contribution in [0, 0.1) is 11.3 Å². The molecule has 2 aromatic rings. The number of rotatable bonds is 6. The van der Waals surface area contributed by atoms with Gasteiger partial charge in [0.1, 0.15) is 29.2 Å². The second kappa shape index (κ2) is 12.1. The summed E-state index contributed by atoms with van der Waals surface area (Å²) in [5, 5.41) is 11.4. The average molecular weight is 537 g/mol. The molecule has 0 aliphatic carbocycles. The summed E-state index contributed by atoms with van der Waals surface area (Å²) in [4.78, 5) is 16.9. The zero-order valence-corrected chi connectivity index (χ0v) is 23.7. The smallest absolute Gasteiger partial charge is 0.139 e. The lowest BCUT2D eigenvalue weighted by atomic mass is 9.98. The second-order valence-corrected chi connectivity index (χ2v) is 10.6. The van der Waals surface area contributed by atoms with Gasteiger partial charge in [-0.05, 0) is 32.4 Å². The van der Waals surface area contributed by atoms with Crippen LogP contribution < -0.4 is 4.74 Å². The standard InChI is InChI=1S/C28H33ClN6OS/c1-19(33(2)3)26-28(37-5)31-24-17-25(36-15-14-35-12-10-34(4)11-13-35)20(18-30)16-22(24)27(32-26)21-8-6-7-9-23(21)29/h6-9,16-17H,10-15H2,1-5H3/b26-19-. The Morgan fingerprint density at radius 2 is 1.86 bits per heavy atom. The number of halogens is 1. The number of nitriles is 1. The van der Waals surface area contributed by atoms with Crippen molar-refractivity contribution in [3.05, 3.63) is 69.5 Å². The molecule has 7 nitrogen and oxygen atoms in total. The Hall–Kier alpha value is -2.83. The number of thioether (sulfide) groups is 1. The summed E-state index contributed by atoms with van der Waals surface area (Å²) in [7, 11) is 6.12. The number of hydrogen-bond acceptors (Lipinski definition) is 8. The molecule has 0 atom stereocenters. The molecule has 0 bridgehead atoms. The van der Waals surface area contributed by atoms with Gasteiger partial charge < -0.3 is 14.5 Å². The lowest BCUT2D eigenvalue weighted by molar-refractivity contribution is 0.133. The second-order valence-electron chi connectivity index (χ2n) is 9.36. The van der Waals surface area contributed by atoms with Gasteiger partial charge in [0.25, 0.3) is 0 Å². The maximum absolute atomic E-state index is 10.0. The molecule has 0 unspecified atom stereocenters. The Balaban J connectivity index is 1.78. The van der Waals surface area contributed by atoms with Gasteiger partial charge in [0.05, 0.1) is 17.0 Å². The molecule has 37 heavy (non-hydrogen) atoms. The van der Waals surface area contributed by atoms with Crippen molar-refractivity contribution in [1.82, 2.24) is 14.7 Å². The van der Waals surface area contributed by atoms with Gasteiger partial charge in [-0.2, -0.15) is 5.26 Å². The SMILES string of the molecule is CSC1=Nc2cc(OCCN3CCN(C)CC3)c(C#N)cc2C(c2ccccc2Cl)=N/C1=C(/C)N(C)C. The van der Waals surface area contributed by atoms with Crippen molar-refractivity contribution in [2.24, 2.45) is 9.98 Å². The molecule has 2 aliphatic heterocycles. The minimum Gasteiger partial charge on any atom is -0.491 e. The fourth-order valence-corrected chi connectivity index (χ4v) is 5.05. The van der Waals surface area contributed by atoms with Gasteiger partial charge in [0.2, 0.25) is 0 Å². The number of nitrogens with zero attached hydrogens (tertiary/aromatic N) is 6. The van der Waals surface area contributed by atoms with Crippen LogP contribution in [0.4, 0.5) is 5.69 Å². The van der Waals surface area contributed by atoms with Crippen LogP contribution in [0.15, 0.2) is 57.8 Å². The van der Waals surface area contributed by atoms with Crippen LogP contribution in [-0.4, -0.2) is 92.2 Å². The van der Waals surface area contributed by atoms with E-state index in [1.165, 1.54) is 11.8 Å². The Bertz CT molecular complexity index is 1290. The first-order valence-electron chi connectivity index (χ1n) is 12.3. The molecule has 194 valence electrons. The van der Waals surface area contributed by atoms with E-state index in [0.717, 1.165) is 60.3 Å². The van der Waals surface area contributed by atoms with Gasteiger partial charge in [0, 0.05) is 74.7 Å². The van der Waals surface area contributed by atoms with Gasteiger partial charge in [0.15, 0.2) is 0 Å². The summed E-state index contributed by atoms with van der Waals surface area (Å²) in [6.07, 6.45) is 1.99. The van der Waals surface area contributed by atoms with Crippen LogP contribution in [0.5, 0.6) is 5.75 Å². The summed E-state index contributed by atoms with van der Waals surface area (Å²) >= 11 is 8.19. The van der Waals surface area contributed by atoms with Crippen LogP contribution in [0.25, 0.3) is 0 Å². The third kappa shape index (κ3) is 6.19. The van der Waals surface area contributed by atoms with Crippen LogP contribution in [0.1, 0.15) is 23.6 Å². The number of piperazine rings is 1. The number of aliphatic imine (C=N–C) groups is 2. The highest BCUT2D eigenvalue weighted by molar-refractivity contribution is 8.13. The molecule has 0 aromatic heterocycles. The van der Waals surface area contributed by atoms with E-state index in [9.17, 15) is 5.26 Å². The lowest BCUT2D eigenvalue weighted by Gasteiger charge is -2.32. The fraction of sp³-hybridized carbons (Fsp3) is 0.393. The monoisotopic (exact) mass is 536 g/mol. The van der Waals surface area contributed by atoms with Gasteiger partial charge in [-0.15, -0.1) is 11.8 Å². The molecule has 2 aromatic carbocycles. The molecule has 0 radical (unpaired) electrons. The van der Waals surface area contributed by atoms with Gasteiger partial charge in [-0.3, -0.25) is 4.90 Å². The Labute approximate surface area is 229 Å². The van der Waals surface area contributed by atoms with Crippen molar-refractivity contribution in [1.29, 1.82) is 5.26 Å². The summed E-state index contributed by atoms with van der Waals surface area (Å²) < 4.78 is 6.17. The molecule has 1 fully saturated rings. The van der Waals surface area contributed by atoms with E-state index in [0.29, 0.717) is 34.3 Å². The highest BCUT2D eigenvalue weighted by atomic mass is 35.5. The van der Waals surface area contributed by atoms with Gasteiger partial charge >= 0.3 is 0 Å². The van der Waals surface area contributed by atoms with Crippen molar-refractivity contribution < 1.29 is 4.74 Å². The molecule has 2 aliphatic rings. The van der Waals surface area contributed by atoms with Gasteiger partial charge in [-0.1, -0.05) is 29.8 Å². The summed E-state index contributed by atoms with van der Waals surface area (Å²) in [5.41, 5.74) is 5.15. The van der Waals surface area contributed by atoms with E-state index >= 15 is 0 Å². The first kappa shape index (κ1) is 27.2. The number of fused-ring (bicyclic) bond motifs is 1. The summed E-state index contributed by atoms with van der Waals surface area (Å²) in [5.74, 6) is 0.537. The van der Waals surface area contributed by atoms with Crippen molar-refractivity contribution in [3.63, 3.8) is 0 Å². The highest BCUT2D eigenvalue weighted by Gasteiger charge is 2.25. The molecule has 0 amide bonds. The molecule has 2 heterocycles. The highest BCUT2D eigenvalue weighted by Crippen LogP contribution is 2.37. The number of likely N-dealkylation sites (N-methyl/N-ethyl adjacent to an activating group) is 1. The van der Waals surface area contributed by atoms with Crippen molar-refractivity contribution in [2.75, 3.05) is 66.7 Å². The van der Waals surface area contributed by atoms with Gasteiger partial charge in [-0.25, -0.2) is 9.98 Å². The maximum Gasteiger partial charge on any atom is 0.139 e. The van der Waals surface area contributed by atoms with E-state index < -0.39 is 0 Å². The molecular weight excluding hydrogens is 504 g/mol. The first-order valence-corrected chi connectivity index (χ1v) is 13.9. The zero-order valence-electron chi connectivity index (χ0n) is 22.1. The molecule has 0 N–H and O–H groups in total. The van der Waals surface area contributed by atoms with E-state index in [-0.39, 0.29) is 0 Å². The van der Waals surface area contributed by atoms with Crippen LogP contribution in [-0.2, 0) is 0 Å². The predicted octanol–water partition coefficient (Wildman–Crippen LogP) is 4.87. The largest absolute Gasteiger partial charge is 0.491 e. The number of ether oxygens (including phenoxy) is 1. The van der Waals surface area contributed by atoms with Crippen LogP contribution in [0.2, 0.25) is 5.02 Å². The Kier molecular flexibility index (Phi) is 8.93. The van der Waals surface area contributed by atoms with E-state index in [2.05, 4.69) is 22.9 Å². The predicted molar refractivity (Wildman–Crippen MR) is 155 cm³/mol. The number of hydrogen-bond donors (Lipinski definition) is 0. The molecule has 0 saturated carbocycles. The summed E-state index contributed by atoms with van der Waals surface area (Å²) in [6, 6.07) is 13.7. The molecule has 0 spiro atoms. The van der Waals surface area contributed by atoms with Crippen molar-refractivity contribution in [3.8, 4) is 11.8 Å². The average Bonchev–Trinajstić information content (AvgIpc) is 3.05.